The average Bonchev–Trinajstić information content (AvgIpc) is 3.12. The van der Waals surface area contributed by atoms with E-state index in [0.717, 1.165) is 39.1 Å². The molecule has 1 aliphatic rings. The molecule has 0 saturated heterocycles. The van der Waals surface area contributed by atoms with Gasteiger partial charge in [0.25, 0.3) is 0 Å². The van der Waals surface area contributed by atoms with Crippen LogP contribution in [0.2, 0.25) is 0 Å². The summed E-state index contributed by atoms with van der Waals surface area (Å²) in [5, 5.41) is 32.3. The highest BCUT2D eigenvalue weighted by atomic mass is 16.3. The lowest BCUT2D eigenvalue weighted by Crippen LogP contribution is -2.27. The number of hydrogen-bond acceptors (Lipinski definition) is 3. The van der Waals surface area contributed by atoms with Crippen LogP contribution in [0, 0.1) is 5.92 Å². The molecule has 0 radical (unpaired) electrons. The molecule has 0 aliphatic heterocycles. The summed E-state index contributed by atoms with van der Waals surface area (Å²) in [7, 11) is 0. The molecule has 0 aromatic heterocycles. The smallest absolute Gasteiger partial charge is 0.115 e. The molecular formula is C29H24O3. The predicted octanol–water partition coefficient (Wildman–Crippen LogP) is 4.67. The van der Waals surface area contributed by atoms with Crippen LogP contribution in [-0.4, -0.2) is 15.3 Å². The average molecular weight is 421 g/mol. The topological polar surface area (TPSA) is 60.7 Å². The Bertz CT molecular complexity index is 1370. The first-order chi connectivity index (χ1) is 15.6. The van der Waals surface area contributed by atoms with Crippen LogP contribution < -0.4 is 10.4 Å². The second-order valence-corrected chi connectivity index (χ2v) is 8.33. The van der Waals surface area contributed by atoms with Crippen molar-refractivity contribution < 1.29 is 15.3 Å². The molecule has 1 atom stereocenters. The Hall–Kier alpha value is -3.98. The molecule has 0 saturated carbocycles. The van der Waals surface area contributed by atoms with Crippen LogP contribution in [0.4, 0.5) is 0 Å². The highest BCUT2D eigenvalue weighted by molar-refractivity contribution is 5.69. The number of phenols is 2. The minimum absolute atomic E-state index is 0.112. The molecule has 0 spiro atoms. The molecule has 1 aliphatic carbocycles. The fourth-order valence-corrected chi connectivity index (χ4v) is 4.43. The van der Waals surface area contributed by atoms with Crippen molar-refractivity contribution >= 4 is 11.8 Å². The maximum atomic E-state index is 11.2. The van der Waals surface area contributed by atoms with Gasteiger partial charge in [0.05, 0.1) is 0 Å². The van der Waals surface area contributed by atoms with Crippen molar-refractivity contribution in [2.45, 2.75) is 12.8 Å². The van der Waals surface area contributed by atoms with Gasteiger partial charge in [-0.1, -0.05) is 66.7 Å². The largest absolute Gasteiger partial charge is 0.511 e. The van der Waals surface area contributed by atoms with Crippen molar-refractivity contribution in [1.29, 1.82) is 0 Å². The molecule has 3 N–H and O–H groups in total. The highest BCUT2D eigenvalue weighted by Crippen LogP contribution is 2.25. The van der Waals surface area contributed by atoms with Crippen molar-refractivity contribution in [3.8, 4) is 22.6 Å². The number of aliphatic hydroxyl groups is 1. The van der Waals surface area contributed by atoms with Crippen LogP contribution in [-0.2, 0) is 12.8 Å². The number of fused-ring (bicyclic) bond motifs is 1. The summed E-state index contributed by atoms with van der Waals surface area (Å²) in [6.45, 7) is 0. The van der Waals surface area contributed by atoms with E-state index >= 15 is 0 Å². The predicted molar refractivity (Wildman–Crippen MR) is 128 cm³/mol. The number of benzene rings is 4. The molecule has 0 unspecified atom stereocenters. The first-order valence-electron chi connectivity index (χ1n) is 10.8. The normalized spacial score (nSPS) is 14.8. The quantitative estimate of drug-likeness (QED) is 0.440. The molecule has 3 nitrogen and oxygen atoms in total. The fraction of sp³-hybridized carbons (Fsp3) is 0.103. The standard InChI is InChI=1S/C29H24O3/c30-25-10-6-20(7-11-25)15-24-18-27-23(14-19-4-2-1-3-5-19)16-22(17-28(27)29(24)32)21-8-12-26(31)13-9-21/h1-13,16-18,24,30-32H,14-15H2/t24-/m0/s1. The molecule has 158 valence electrons. The van der Waals surface area contributed by atoms with Gasteiger partial charge in [0, 0.05) is 11.1 Å². The molecular weight excluding hydrogens is 396 g/mol. The number of aromatic hydroxyl groups is 2. The van der Waals surface area contributed by atoms with E-state index in [1.807, 2.05) is 48.5 Å². The van der Waals surface area contributed by atoms with Crippen LogP contribution in [0.15, 0.2) is 91.0 Å². The lowest BCUT2D eigenvalue weighted by Gasteiger charge is -2.09. The van der Waals surface area contributed by atoms with E-state index in [2.05, 4.69) is 24.3 Å². The number of aliphatic hydroxyl groups excluding tert-OH is 1. The molecule has 0 amide bonds. The van der Waals surface area contributed by atoms with Crippen LogP contribution >= 0.6 is 0 Å². The monoisotopic (exact) mass is 420 g/mol. The van der Waals surface area contributed by atoms with Crippen molar-refractivity contribution in [1.82, 2.24) is 0 Å². The van der Waals surface area contributed by atoms with Crippen LogP contribution in [0.1, 0.15) is 16.7 Å². The van der Waals surface area contributed by atoms with Gasteiger partial charge in [-0.05, 0) is 76.2 Å². The van der Waals surface area contributed by atoms with Crippen molar-refractivity contribution in [3.63, 3.8) is 0 Å². The Labute approximate surface area is 186 Å². The second-order valence-electron chi connectivity index (χ2n) is 8.33. The third-order valence-corrected chi connectivity index (χ3v) is 6.09. The number of hydrogen-bond donors (Lipinski definition) is 3. The summed E-state index contributed by atoms with van der Waals surface area (Å²) in [6, 6.07) is 28.9. The zero-order valence-corrected chi connectivity index (χ0v) is 17.6. The Morgan fingerprint density at radius 3 is 1.97 bits per heavy atom. The van der Waals surface area contributed by atoms with Gasteiger partial charge >= 0.3 is 0 Å². The van der Waals surface area contributed by atoms with Crippen molar-refractivity contribution in [2.75, 3.05) is 0 Å². The molecule has 4 aromatic carbocycles. The molecule has 3 heteroatoms. The van der Waals surface area contributed by atoms with E-state index in [0.29, 0.717) is 12.2 Å². The van der Waals surface area contributed by atoms with E-state index in [-0.39, 0.29) is 17.4 Å². The first kappa shape index (κ1) is 20.0. The number of phenolic OH excluding ortho intramolecular Hbond substituents is 2. The van der Waals surface area contributed by atoms with Gasteiger partial charge in [0.15, 0.2) is 0 Å². The SMILES string of the molecule is OC1=c2cc(-c3ccc(O)cc3)cc(Cc3ccccc3)c2=C[C@@H]1Cc1ccc(O)cc1. The van der Waals surface area contributed by atoms with Gasteiger partial charge < -0.3 is 15.3 Å². The molecule has 0 fully saturated rings. The Kier molecular flexibility index (Phi) is 5.16. The minimum Gasteiger partial charge on any atom is -0.511 e. The van der Waals surface area contributed by atoms with Gasteiger partial charge in [-0.15, -0.1) is 0 Å². The highest BCUT2D eigenvalue weighted by Gasteiger charge is 2.20. The maximum Gasteiger partial charge on any atom is 0.115 e. The van der Waals surface area contributed by atoms with E-state index in [9.17, 15) is 15.3 Å². The van der Waals surface area contributed by atoms with E-state index in [4.69, 9.17) is 0 Å². The first-order valence-corrected chi connectivity index (χ1v) is 10.8. The van der Waals surface area contributed by atoms with Gasteiger partial charge in [-0.3, -0.25) is 0 Å². The summed E-state index contributed by atoms with van der Waals surface area (Å²) in [4.78, 5) is 0. The third kappa shape index (κ3) is 3.97. The van der Waals surface area contributed by atoms with Crippen LogP contribution in [0.5, 0.6) is 11.5 Å². The molecule has 5 rings (SSSR count). The Morgan fingerprint density at radius 2 is 1.28 bits per heavy atom. The Morgan fingerprint density at radius 1 is 0.625 bits per heavy atom. The van der Waals surface area contributed by atoms with Gasteiger partial charge in [-0.2, -0.15) is 0 Å². The minimum atomic E-state index is -0.112. The summed E-state index contributed by atoms with van der Waals surface area (Å²) < 4.78 is 0. The molecule has 0 bridgehead atoms. The van der Waals surface area contributed by atoms with Crippen molar-refractivity contribution in [3.05, 3.63) is 118 Å². The zero-order chi connectivity index (χ0) is 22.1. The van der Waals surface area contributed by atoms with Crippen LogP contribution in [0.3, 0.4) is 0 Å². The summed E-state index contributed by atoms with van der Waals surface area (Å²) in [5.74, 6) is 0.739. The maximum absolute atomic E-state index is 11.2. The van der Waals surface area contributed by atoms with Gasteiger partial charge in [0.2, 0.25) is 0 Å². The summed E-state index contributed by atoms with van der Waals surface area (Å²) >= 11 is 0. The second kappa shape index (κ2) is 8.27. The van der Waals surface area contributed by atoms with E-state index in [1.54, 1.807) is 24.3 Å². The van der Waals surface area contributed by atoms with Crippen molar-refractivity contribution in [2.24, 2.45) is 5.92 Å². The lowest BCUT2D eigenvalue weighted by molar-refractivity contribution is 0.458. The number of rotatable bonds is 5. The van der Waals surface area contributed by atoms with Gasteiger partial charge in [0.1, 0.15) is 17.3 Å². The fourth-order valence-electron chi connectivity index (χ4n) is 4.43. The van der Waals surface area contributed by atoms with Gasteiger partial charge in [-0.25, -0.2) is 0 Å². The van der Waals surface area contributed by atoms with E-state index in [1.165, 1.54) is 5.56 Å². The molecule has 32 heavy (non-hydrogen) atoms. The summed E-state index contributed by atoms with van der Waals surface area (Å²) in [6.07, 6.45) is 3.60. The zero-order valence-electron chi connectivity index (χ0n) is 17.6. The summed E-state index contributed by atoms with van der Waals surface area (Å²) in [5.41, 5.74) is 5.45. The third-order valence-electron chi connectivity index (χ3n) is 6.09. The molecule has 4 aromatic rings. The van der Waals surface area contributed by atoms with Crippen LogP contribution in [0.25, 0.3) is 23.0 Å². The molecule has 0 heterocycles. The van der Waals surface area contributed by atoms with E-state index < -0.39 is 0 Å². The lowest BCUT2D eigenvalue weighted by atomic mass is 9.96. The Balaban J connectivity index is 1.61.